The Kier molecular flexibility index (Phi) is 4.00. The Morgan fingerprint density at radius 2 is 1.96 bits per heavy atom. The van der Waals surface area contributed by atoms with Crippen LogP contribution in [-0.2, 0) is 6.42 Å². The molecule has 0 unspecified atom stereocenters. The van der Waals surface area contributed by atoms with Gasteiger partial charge in [0.2, 0.25) is 5.89 Å². The number of aromatic nitrogens is 2. The van der Waals surface area contributed by atoms with Crippen LogP contribution in [0.2, 0.25) is 0 Å². The lowest BCUT2D eigenvalue weighted by atomic mass is 10.00. The number of nitriles is 1. The molecule has 0 saturated heterocycles. The van der Waals surface area contributed by atoms with E-state index in [4.69, 9.17) is 9.68 Å². The van der Waals surface area contributed by atoms with E-state index in [1.54, 1.807) is 36.5 Å². The zero-order valence-corrected chi connectivity index (χ0v) is 13.7. The third kappa shape index (κ3) is 3.08. The van der Waals surface area contributed by atoms with Crippen molar-refractivity contribution in [2.24, 2.45) is 0 Å². The van der Waals surface area contributed by atoms with Crippen LogP contribution in [0.3, 0.4) is 0 Å². The molecule has 0 aliphatic heterocycles. The van der Waals surface area contributed by atoms with E-state index in [1.165, 1.54) is 0 Å². The molecule has 5 heteroatoms. The fourth-order valence-electron chi connectivity index (χ4n) is 2.76. The highest BCUT2D eigenvalue weighted by Crippen LogP contribution is 2.24. The molecule has 124 valence electrons. The van der Waals surface area contributed by atoms with Crippen molar-refractivity contribution in [3.8, 4) is 17.5 Å². The summed E-state index contributed by atoms with van der Waals surface area (Å²) in [6.07, 6.45) is 1.90. The molecule has 2 heterocycles. The van der Waals surface area contributed by atoms with Gasteiger partial charge in [-0.15, -0.1) is 0 Å². The van der Waals surface area contributed by atoms with Crippen molar-refractivity contribution in [2.75, 3.05) is 0 Å². The van der Waals surface area contributed by atoms with Crippen LogP contribution in [0.15, 0.2) is 71.3 Å². The molecule has 0 N–H and O–H groups in total. The van der Waals surface area contributed by atoms with Gasteiger partial charge in [0.05, 0.1) is 11.6 Å². The molecule has 4 aromatic rings. The van der Waals surface area contributed by atoms with Crippen LogP contribution in [-0.4, -0.2) is 15.8 Å². The highest BCUT2D eigenvalue weighted by molar-refractivity contribution is 5.97. The van der Waals surface area contributed by atoms with Gasteiger partial charge in [-0.05, 0) is 42.0 Å². The average Bonchev–Trinajstić information content (AvgIpc) is 3.12. The van der Waals surface area contributed by atoms with Crippen molar-refractivity contribution in [2.45, 2.75) is 6.42 Å². The number of oxazole rings is 1. The maximum atomic E-state index is 12.5. The number of rotatable bonds is 4. The van der Waals surface area contributed by atoms with Crippen molar-refractivity contribution in [3.05, 3.63) is 83.6 Å². The number of ketones is 1. The molecule has 0 bridgehead atoms. The fraction of sp³-hybridized carbons (Fsp3) is 0.0476. The molecular formula is C21H13N3O2. The van der Waals surface area contributed by atoms with Gasteiger partial charge in [0.15, 0.2) is 17.0 Å². The zero-order valence-electron chi connectivity index (χ0n) is 13.7. The van der Waals surface area contributed by atoms with Crippen molar-refractivity contribution >= 4 is 17.0 Å². The van der Waals surface area contributed by atoms with E-state index < -0.39 is 0 Å². The third-order valence-electron chi connectivity index (χ3n) is 4.02. The van der Waals surface area contributed by atoms with Crippen LogP contribution in [0.25, 0.3) is 22.7 Å². The molecule has 0 spiro atoms. The van der Waals surface area contributed by atoms with Crippen LogP contribution >= 0.6 is 0 Å². The summed E-state index contributed by atoms with van der Waals surface area (Å²) in [5, 5.41) is 8.97. The van der Waals surface area contributed by atoms with Gasteiger partial charge in [0.25, 0.3) is 0 Å². The predicted molar refractivity (Wildman–Crippen MR) is 96.4 cm³/mol. The lowest BCUT2D eigenvalue weighted by molar-refractivity contribution is 0.0993. The number of hydrogen-bond acceptors (Lipinski definition) is 5. The van der Waals surface area contributed by atoms with E-state index in [0.717, 1.165) is 11.1 Å². The molecule has 0 saturated carbocycles. The van der Waals surface area contributed by atoms with Gasteiger partial charge in [-0.3, -0.25) is 4.79 Å². The second-order valence-electron chi connectivity index (χ2n) is 5.84. The largest absolute Gasteiger partial charge is 0.434 e. The number of fused-ring (bicyclic) bond motifs is 1. The molecular weight excluding hydrogens is 326 g/mol. The lowest BCUT2D eigenvalue weighted by Crippen LogP contribution is -2.03. The molecule has 4 rings (SSSR count). The number of carbonyl (C=O) groups is 1. The van der Waals surface area contributed by atoms with Crippen molar-refractivity contribution in [1.82, 2.24) is 9.97 Å². The Bertz CT molecular complexity index is 1120. The van der Waals surface area contributed by atoms with Gasteiger partial charge in [-0.25, -0.2) is 4.98 Å². The molecule has 0 atom stereocenters. The van der Waals surface area contributed by atoms with Gasteiger partial charge >= 0.3 is 0 Å². The van der Waals surface area contributed by atoms with E-state index in [1.807, 2.05) is 30.3 Å². The predicted octanol–water partition coefficient (Wildman–Crippen LogP) is 4.19. The number of nitrogens with zero attached hydrogens (tertiary/aromatic N) is 3. The van der Waals surface area contributed by atoms with Crippen molar-refractivity contribution < 1.29 is 9.21 Å². The SMILES string of the molecule is N#Cc1cccc(C(=O)Cc2cccc(-c3nc4ncccc4o3)c2)c1. The quantitative estimate of drug-likeness (QED) is 0.521. The van der Waals surface area contributed by atoms with Crippen LogP contribution in [0.1, 0.15) is 21.5 Å². The summed E-state index contributed by atoms with van der Waals surface area (Å²) >= 11 is 0. The number of Topliss-reactive ketones (excluding diaryl/α,β-unsaturated/α-hetero) is 1. The maximum Gasteiger partial charge on any atom is 0.228 e. The molecule has 0 aliphatic carbocycles. The van der Waals surface area contributed by atoms with Crippen molar-refractivity contribution in [3.63, 3.8) is 0 Å². The lowest BCUT2D eigenvalue weighted by Gasteiger charge is -2.04. The summed E-state index contributed by atoms with van der Waals surface area (Å²) in [6.45, 7) is 0. The molecule has 2 aromatic heterocycles. The molecule has 0 fully saturated rings. The topological polar surface area (TPSA) is 79.8 Å². The smallest absolute Gasteiger partial charge is 0.228 e. The first-order chi connectivity index (χ1) is 12.7. The van der Waals surface area contributed by atoms with E-state index in [-0.39, 0.29) is 12.2 Å². The van der Waals surface area contributed by atoms with Gasteiger partial charge < -0.3 is 4.42 Å². The summed E-state index contributed by atoms with van der Waals surface area (Å²) in [4.78, 5) is 21.1. The molecule has 0 radical (unpaired) electrons. The van der Waals surface area contributed by atoms with Crippen LogP contribution in [0, 0.1) is 11.3 Å². The monoisotopic (exact) mass is 339 g/mol. The molecule has 2 aromatic carbocycles. The van der Waals surface area contributed by atoms with E-state index in [0.29, 0.717) is 28.2 Å². The minimum Gasteiger partial charge on any atom is -0.434 e. The molecule has 0 aliphatic rings. The first-order valence-corrected chi connectivity index (χ1v) is 8.07. The van der Waals surface area contributed by atoms with E-state index in [9.17, 15) is 4.79 Å². The Morgan fingerprint density at radius 1 is 1.08 bits per heavy atom. The number of benzene rings is 2. The Hall–Kier alpha value is -3.78. The summed E-state index contributed by atoms with van der Waals surface area (Å²) in [5.41, 5.74) is 3.82. The summed E-state index contributed by atoms with van der Waals surface area (Å²) in [5.74, 6) is 0.429. The summed E-state index contributed by atoms with van der Waals surface area (Å²) in [6, 6.07) is 19.9. The first-order valence-electron chi connectivity index (χ1n) is 8.07. The average molecular weight is 339 g/mol. The van der Waals surface area contributed by atoms with Gasteiger partial charge in [-0.1, -0.05) is 24.3 Å². The first kappa shape index (κ1) is 15.7. The molecule has 26 heavy (non-hydrogen) atoms. The number of pyridine rings is 1. The Morgan fingerprint density at radius 3 is 2.81 bits per heavy atom. The minimum absolute atomic E-state index is 0.0431. The minimum atomic E-state index is -0.0431. The number of hydrogen-bond donors (Lipinski definition) is 0. The third-order valence-corrected chi connectivity index (χ3v) is 4.02. The molecule has 0 amide bonds. The van der Waals surface area contributed by atoms with E-state index in [2.05, 4.69) is 16.0 Å². The van der Waals surface area contributed by atoms with Crippen LogP contribution in [0.5, 0.6) is 0 Å². The highest BCUT2D eigenvalue weighted by atomic mass is 16.3. The standard InChI is InChI=1S/C21H13N3O2/c22-13-15-5-2-6-16(11-15)18(25)12-14-4-1-7-17(10-14)21-24-20-19(26-21)8-3-9-23-20/h1-11H,12H2. The normalized spacial score (nSPS) is 10.6. The number of carbonyl (C=O) groups excluding carboxylic acids is 1. The fourth-order valence-corrected chi connectivity index (χ4v) is 2.76. The second-order valence-corrected chi connectivity index (χ2v) is 5.84. The molecule has 5 nitrogen and oxygen atoms in total. The summed E-state index contributed by atoms with van der Waals surface area (Å²) < 4.78 is 5.73. The van der Waals surface area contributed by atoms with Gasteiger partial charge in [0, 0.05) is 23.7 Å². The second kappa shape index (κ2) is 6.61. The van der Waals surface area contributed by atoms with Crippen LogP contribution < -0.4 is 0 Å². The van der Waals surface area contributed by atoms with Crippen molar-refractivity contribution in [1.29, 1.82) is 5.26 Å². The Labute approximate surface area is 149 Å². The highest BCUT2D eigenvalue weighted by Gasteiger charge is 2.12. The Balaban J connectivity index is 1.61. The van der Waals surface area contributed by atoms with Crippen LogP contribution in [0.4, 0.5) is 0 Å². The zero-order chi connectivity index (χ0) is 17.9. The summed E-state index contributed by atoms with van der Waals surface area (Å²) in [7, 11) is 0. The van der Waals surface area contributed by atoms with Gasteiger partial charge in [0.1, 0.15) is 0 Å². The van der Waals surface area contributed by atoms with E-state index >= 15 is 0 Å². The van der Waals surface area contributed by atoms with Gasteiger partial charge in [-0.2, -0.15) is 10.2 Å². The maximum absolute atomic E-state index is 12.5.